The van der Waals surface area contributed by atoms with Gasteiger partial charge in [-0.1, -0.05) is 42.7 Å². The van der Waals surface area contributed by atoms with Gasteiger partial charge in [0, 0.05) is 10.6 Å². The zero-order chi connectivity index (χ0) is 14.1. The van der Waals surface area contributed by atoms with E-state index in [1.807, 2.05) is 12.1 Å². The topological polar surface area (TPSA) is 21.6 Å². The van der Waals surface area contributed by atoms with Gasteiger partial charge >= 0.3 is 0 Å². The molecule has 3 aliphatic carbocycles. The third-order valence-corrected chi connectivity index (χ3v) is 6.51. The molecule has 20 heavy (non-hydrogen) atoms. The molecule has 1 heterocycles. The van der Waals surface area contributed by atoms with E-state index < -0.39 is 0 Å². The lowest BCUT2D eigenvalue weighted by atomic mass is 9.39. The largest absolute Gasteiger partial charge is 0.391 e. The molecular formula is C17H20ClNO. The van der Waals surface area contributed by atoms with Crippen LogP contribution >= 0.6 is 11.6 Å². The van der Waals surface area contributed by atoms with Crippen LogP contribution in [0.4, 0.5) is 0 Å². The van der Waals surface area contributed by atoms with E-state index in [0.717, 1.165) is 28.6 Å². The minimum atomic E-state index is 0.0477. The first kappa shape index (κ1) is 12.7. The van der Waals surface area contributed by atoms with Crippen LogP contribution in [0, 0.1) is 22.7 Å². The van der Waals surface area contributed by atoms with Gasteiger partial charge in [-0.25, -0.2) is 0 Å². The maximum absolute atomic E-state index is 6.00. The van der Waals surface area contributed by atoms with Gasteiger partial charge < -0.3 is 4.84 Å². The Bertz CT molecular complexity index is 592. The molecule has 3 saturated carbocycles. The quantitative estimate of drug-likeness (QED) is 0.745. The van der Waals surface area contributed by atoms with Gasteiger partial charge in [-0.2, -0.15) is 0 Å². The molecule has 0 aromatic heterocycles. The average Bonchev–Trinajstić information content (AvgIpc) is 2.76. The SMILES string of the molecule is CC1(C)C2CC3ON=C(c4ccc(Cl)cc4)C3(C)C1C2. The van der Waals surface area contributed by atoms with Crippen LogP contribution in [0.1, 0.15) is 39.2 Å². The third-order valence-electron chi connectivity index (χ3n) is 6.26. The van der Waals surface area contributed by atoms with Gasteiger partial charge in [0.2, 0.25) is 0 Å². The molecule has 5 rings (SSSR count). The molecule has 1 aliphatic heterocycles. The molecule has 0 saturated heterocycles. The van der Waals surface area contributed by atoms with Crippen LogP contribution in [0.15, 0.2) is 29.4 Å². The Hall–Kier alpha value is -1.02. The van der Waals surface area contributed by atoms with E-state index in [1.54, 1.807) is 0 Å². The van der Waals surface area contributed by atoms with Crippen molar-refractivity contribution < 1.29 is 4.84 Å². The van der Waals surface area contributed by atoms with Crippen LogP contribution in [0.5, 0.6) is 0 Å². The number of halogens is 1. The zero-order valence-electron chi connectivity index (χ0n) is 12.2. The number of benzene rings is 1. The van der Waals surface area contributed by atoms with E-state index in [9.17, 15) is 0 Å². The summed E-state index contributed by atoms with van der Waals surface area (Å²) in [7, 11) is 0. The maximum atomic E-state index is 6.00. The summed E-state index contributed by atoms with van der Waals surface area (Å²) in [5, 5.41) is 5.23. The Balaban J connectivity index is 1.77. The predicted octanol–water partition coefficient (Wildman–Crippen LogP) is 4.52. The molecule has 106 valence electrons. The number of hydrogen-bond donors (Lipinski definition) is 0. The summed E-state index contributed by atoms with van der Waals surface area (Å²) >= 11 is 6.00. The predicted molar refractivity (Wildman–Crippen MR) is 81.0 cm³/mol. The molecule has 2 bridgehead atoms. The summed E-state index contributed by atoms with van der Waals surface area (Å²) < 4.78 is 0. The number of nitrogens with zero attached hydrogens (tertiary/aromatic N) is 1. The Labute approximate surface area is 125 Å². The lowest BCUT2D eigenvalue weighted by molar-refractivity contribution is -0.180. The van der Waals surface area contributed by atoms with Gasteiger partial charge in [-0.15, -0.1) is 0 Å². The van der Waals surface area contributed by atoms with Crippen LogP contribution in [-0.2, 0) is 4.84 Å². The number of oxime groups is 1. The van der Waals surface area contributed by atoms with Crippen molar-refractivity contribution in [2.75, 3.05) is 0 Å². The fourth-order valence-electron chi connectivity index (χ4n) is 4.82. The monoisotopic (exact) mass is 289 g/mol. The minimum Gasteiger partial charge on any atom is -0.391 e. The van der Waals surface area contributed by atoms with Gasteiger partial charge in [0.15, 0.2) is 0 Å². The molecule has 4 aliphatic rings. The van der Waals surface area contributed by atoms with E-state index in [1.165, 1.54) is 6.42 Å². The summed E-state index contributed by atoms with van der Waals surface area (Å²) in [6.07, 6.45) is 2.71. The van der Waals surface area contributed by atoms with Crippen molar-refractivity contribution in [1.29, 1.82) is 0 Å². The summed E-state index contributed by atoms with van der Waals surface area (Å²) in [6.45, 7) is 7.16. The summed E-state index contributed by atoms with van der Waals surface area (Å²) in [6, 6.07) is 8.01. The standard InChI is InChI=1S/C17H20ClNO/c1-16(2)11-8-13(16)17(3)14(9-11)20-19-15(17)10-4-6-12(18)7-5-10/h4-7,11,13-14H,8-9H2,1-3H3. The molecule has 0 radical (unpaired) electrons. The van der Waals surface area contributed by atoms with Crippen LogP contribution in [-0.4, -0.2) is 11.8 Å². The highest BCUT2D eigenvalue weighted by molar-refractivity contribution is 6.30. The average molecular weight is 290 g/mol. The third kappa shape index (κ3) is 1.38. The van der Waals surface area contributed by atoms with E-state index in [-0.39, 0.29) is 11.5 Å². The van der Waals surface area contributed by atoms with Gasteiger partial charge in [-0.05, 0) is 49.1 Å². The van der Waals surface area contributed by atoms with Crippen LogP contribution in [0.2, 0.25) is 5.02 Å². The Morgan fingerprint density at radius 2 is 1.85 bits per heavy atom. The maximum Gasteiger partial charge on any atom is 0.139 e. The molecule has 0 amide bonds. The highest BCUT2D eigenvalue weighted by Gasteiger charge is 2.67. The lowest BCUT2D eigenvalue weighted by Gasteiger charge is -2.64. The second-order valence-electron chi connectivity index (χ2n) is 7.37. The van der Waals surface area contributed by atoms with Gasteiger partial charge in [-0.3, -0.25) is 0 Å². The highest BCUT2D eigenvalue weighted by Crippen LogP contribution is 2.68. The Morgan fingerprint density at radius 3 is 2.50 bits per heavy atom. The van der Waals surface area contributed by atoms with Crippen LogP contribution in [0.3, 0.4) is 0 Å². The van der Waals surface area contributed by atoms with Crippen molar-refractivity contribution in [3.63, 3.8) is 0 Å². The van der Waals surface area contributed by atoms with Crippen molar-refractivity contribution in [3.05, 3.63) is 34.9 Å². The van der Waals surface area contributed by atoms with Crippen molar-refractivity contribution in [2.24, 2.45) is 27.8 Å². The van der Waals surface area contributed by atoms with E-state index >= 15 is 0 Å². The minimum absolute atomic E-state index is 0.0477. The molecule has 1 aromatic carbocycles. The molecule has 2 nitrogen and oxygen atoms in total. The summed E-state index contributed by atoms with van der Waals surface area (Å²) in [5.41, 5.74) is 2.73. The normalized spacial score (nSPS) is 40.4. The molecular weight excluding hydrogens is 270 g/mol. The fraction of sp³-hybridized carbons (Fsp3) is 0.588. The van der Waals surface area contributed by atoms with Crippen molar-refractivity contribution >= 4 is 17.3 Å². The molecule has 0 spiro atoms. The lowest BCUT2D eigenvalue weighted by Crippen LogP contribution is -2.63. The van der Waals surface area contributed by atoms with E-state index in [2.05, 4.69) is 38.1 Å². The van der Waals surface area contributed by atoms with Gasteiger partial charge in [0.25, 0.3) is 0 Å². The highest BCUT2D eigenvalue weighted by atomic mass is 35.5. The molecule has 3 fully saturated rings. The first-order chi connectivity index (χ1) is 9.44. The Kier molecular flexibility index (Phi) is 2.41. The van der Waals surface area contributed by atoms with E-state index in [4.69, 9.17) is 16.4 Å². The summed E-state index contributed by atoms with van der Waals surface area (Å²) in [5.74, 6) is 1.46. The fourth-order valence-corrected chi connectivity index (χ4v) is 4.94. The van der Waals surface area contributed by atoms with Gasteiger partial charge in [0.05, 0.1) is 11.1 Å². The summed E-state index contributed by atoms with van der Waals surface area (Å²) in [4.78, 5) is 5.81. The molecule has 3 heteroatoms. The van der Waals surface area contributed by atoms with Crippen LogP contribution in [0.25, 0.3) is 0 Å². The number of hydrogen-bond acceptors (Lipinski definition) is 2. The van der Waals surface area contributed by atoms with E-state index in [0.29, 0.717) is 11.3 Å². The van der Waals surface area contributed by atoms with Crippen LogP contribution < -0.4 is 0 Å². The van der Waals surface area contributed by atoms with Crippen molar-refractivity contribution in [1.82, 2.24) is 0 Å². The van der Waals surface area contributed by atoms with Gasteiger partial charge in [0.1, 0.15) is 6.10 Å². The second-order valence-corrected chi connectivity index (χ2v) is 7.80. The zero-order valence-corrected chi connectivity index (χ0v) is 12.9. The first-order valence-electron chi connectivity index (χ1n) is 7.44. The van der Waals surface area contributed by atoms with Crippen molar-refractivity contribution in [2.45, 2.75) is 39.7 Å². The smallest absolute Gasteiger partial charge is 0.139 e. The van der Waals surface area contributed by atoms with Crippen molar-refractivity contribution in [3.8, 4) is 0 Å². The Morgan fingerprint density at radius 1 is 1.15 bits per heavy atom. The molecule has 4 atom stereocenters. The first-order valence-corrected chi connectivity index (χ1v) is 7.82. The molecule has 1 aromatic rings. The molecule has 0 N–H and O–H groups in total. The second kappa shape index (κ2) is 3.79. The molecule has 4 unspecified atom stereocenters. The number of rotatable bonds is 1.